The van der Waals surface area contributed by atoms with Crippen molar-refractivity contribution in [2.75, 3.05) is 0 Å². The third kappa shape index (κ3) is 5.22. The standard InChI is InChI=1S/C10H11NO3.3C6H5.Pb/c12-7-11-9(10(13)14)6-8-4-2-1-3-5-8;3*1-2-4-6-5-3-1;/h1-5,7,9H,6H2,(H,11,12)(H,13,14);3*1-5H;/q;;;;+1. The predicted molar refractivity (Wildman–Crippen MR) is 135 cm³/mol. The van der Waals surface area contributed by atoms with Crippen molar-refractivity contribution in [3.8, 4) is 0 Å². The Morgan fingerprint density at radius 2 is 1.12 bits per heavy atom. The van der Waals surface area contributed by atoms with Crippen LogP contribution < -0.4 is 14.7 Å². The van der Waals surface area contributed by atoms with Gasteiger partial charge in [-0.3, -0.25) is 0 Å². The van der Waals surface area contributed by atoms with Crippen LogP contribution in [0.3, 0.4) is 0 Å². The minimum absolute atomic E-state index is 0.163. The van der Waals surface area contributed by atoms with Crippen molar-refractivity contribution < 1.29 is 12.3 Å². The van der Waals surface area contributed by atoms with Crippen molar-refractivity contribution in [2.24, 2.45) is 0 Å². The zero-order valence-corrected chi connectivity index (χ0v) is 22.1. The van der Waals surface area contributed by atoms with Crippen LogP contribution >= 0.6 is 0 Å². The Morgan fingerprint density at radius 1 is 0.727 bits per heavy atom. The van der Waals surface area contributed by atoms with E-state index in [9.17, 15) is 9.59 Å². The fourth-order valence-corrected chi connectivity index (χ4v) is 18.8. The van der Waals surface area contributed by atoms with E-state index in [0.717, 1.165) is 14.9 Å². The first-order valence-corrected chi connectivity index (χ1v) is 18.3. The van der Waals surface area contributed by atoms with Crippen molar-refractivity contribution in [2.45, 2.75) is 12.5 Å². The van der Waals surface area contributed by atoms with Gasteiger partial charge in [0.2, 0.25) is 0 Å². The Kier molecular flexibility index (Phi) is 7.67. The van der Waals surface area contributed by atoms with E-state index >= 15 is 0 Å². The van der Waals surface area contributed by atoms with Crippen LogP contribution in [0.2, 0.25) is 0 Å². The molecule has 0 aromatic heterocycles. The molecule has 1 unspecified atom stereocenters. The van der Waals surface area contributed by atoms with Gasteiger partial charge in [-0.25, -0.2) is 0 Å². The Morgan fingerprint density at radius 3 is 1.52 bits per heavy atom. The second kappa shape index (κ2) is 11.1. The van der Waals surface area contributed by atoms with Crippen molar-refractivity contribution >= 4 is 43.4 Å². The molecular weight excluding hydrogens is 606 g/mol. The minimum atomic E-state index is -4.35. The van der Waals surface area contributed by atoms with Gasteiger partial charge < -0.3 is 0 Å². The monoisotopic (exact) mass is 632 g/mol. The van der Waals surface area contributed by atoms with Gasteiger partial charge in [-0.1, -0.05) is 0 Å². The summed E-state index contributed by atoms with van der Waals surface area (Å²) in [5.41, 5.74) is 0.994. The molecule has 1 amide bonds. The van der Waals surface area contributed by atoms with Crippen LogP contribution in [0.4, 0.5) is 0 Å². The Balaban J connectivity index is 1.82. The maximum atomic E-state index is 11.4. The van der Waals surface area contributed by atoms with E-state index in [-0.39, 0.29) is 5.97 Å². The molecule has 0 heterocycles. The van der Waals surface area contributed by atoms with Crippen molar-refractivity contribution in [1.29, 1.82) is 0 Å². The summed E-state index contributed by atoms with van der Waals surface area (Å²) in [6, 6.07) is 39.5. The molecule has 0 saturated heterocycles. The molecule has 164 valence electrons. The average Bonchev–Trinajstić information content (AvgIpc) is 2.89. The molecule has 0 saturated carbocycles. The van der Waals surface area contributed by atoms with Crippen LogP contribution in [0.15, 0.2) is 121 Å². The van der Waals surface area contributed by atoms with Crippen LogP contribution in [-0.4, -0.2) is 44.8 Å². The van der Waals surface area contributed by atoms with E-state index in [4.69, 9.17) is 2.69 Å². The van der Waals surface area contributed by atoms with Crippen molar-refractivity contribution in [3.05, 3.63) is 127 Å². The summed E-state index contributed by atoms with van der Waals surface area (Å²) in [5, 5.41) is 2.75. The van der Waals surface area contributed by atoms with E-state index < -0.39 is 27.7 Å². The number of hydrogen-bond donors (Lipinski definition) is 1. The van der Waals surface area contributed by atoms with Gasteiger partial charge in [0.05, 0.1) is 0 Å². The molecular formula is C28H26NO3Pb+. The van der Waals surface area contributed by atoms with Gasteiger partial charge in [-0.05, 0) is 0 Å². The quantitative estimate of drug-likeness (QED) is 0.176. The van der Waals surface area contributed by atoms with Crippen LogP contribution in [0, 0.1) is 0 Å². The third-order valence-electron chi connectivity index (χ3n) is 5.65. The van der Waals surface area contributed by atoms with Crippen LogP contribution in [0.1, 0.15) is 5.56 Å². The molecule has 0 fully saturated rings. The van der Waals surface area contributed by atoms with Crippen LogP contribution in [0.25, 0.3) is 0 Å². The Labute approximate surface area is 199 Å². The van der Waals surface area contributed by atoms with Crippen LogP contribution in [-0.2, 0) is 13.9 Å². The van der Waals surface area contributed by atoms with Crippen molar-refractivity contribution in [1.82, 2.24) is 5.32 Å². The molecule has 0 radical (unpaired) electrons. The molecule has 0 aliphatic carbocycles. The Bertz CT molecular complexity index is 1070. The molecule has 4 aromatic rings. The number of carbonyl (C=O) groups excluding carboxylic acids is 2. The second-order valence-electron chi connectivity index (χ2n) is 7.75. The SMILES string of the molecule is O=CNC(Cc1ccccc1)C(=[OH+])[O][Pb]([c]1ccccc1)([c]1ccccc1)[c]1ccccc1. The molecule has 33 heavy (non-hydrogen) atoms. The molecule has 2 N–H and O–H groups in total. The van der Waals surface area contributed by atoms with E-state index in [1.54, 1.807) is 0 Å². The van der Waals surface area contributed by atoms with E-state index in [1.807, 2.05) is 84.9 Å². The number of nitrogens with one attached hydrogen (secondary N) is 1. The third-order valence-corrected chi connectivity index (χ3v) is 21.0. The second-order valence-corrected chi connectivity index (χ2v) is 20.6. The molecule has 0 spiro atoms. The summed E-state index contributed by atoms with van der Waals surface area (Å²) in [5.74, 6) is -0.163. The maximum absolute atomic E-state index is 11.4. The van der Waals surface area contributed by atoms with Crippen molar-refractivity contribution in [3.63, 3.8) is 0 Å². The first kappa shape index (κ1) is 22.9. The molecule has 0 bridgehead atoms. The van der Waals surface area contributed by atoms with Gasteiger partial charge in [-0.15, -0.1) is 0 Å². The summed E-state index contributed by atoms with van der Waals surface area (Å²) in [6.07, 6.45) is 1.03. The van der Waals surface area contributed by atoms with E-state index in [1.165, 1.54) is 0 Å². The summed E-state index contributed by atoms with van der Waals surface area (Å²) >= 11 is -4.35. The molecule has 4 nitrogen and oxygen atoms in total. The molecule has 1 atom stereocenters. The summed E-state index contributed by atoms with van der Waals surface area (Å²) in [7, 11) is 0. The number of rotatable bonds is 9. The number of hydrogen-bond acceptors (Lipinski definition) is 2. The molecule has 5 heteroatoms. The zero-order valence-electron chi connectivity index (χ0n) is 18.2. The van der Waals surface area contributed by atoms with Gasteiger partial charge in [0.1, 0.15) is 0 Å². The summed E-state index contributed by atoms with van der Waals surface area (Å²) in [6.45, 7) is 0. The first-order valence-electron chi connectivity index (χ1n) is 10.9. The van der Waals surface area contributed by atoms with Gasteiger partial charge in [0, 0.05) is 0 Å². The number of benzene rings is 4. The normalized spacial score (nSPS) is 11.9. The van der Waals surface area contributed by atoms with Gasteiger partial charge >= 0.3 is 200 Å². The summed E-state index contributed by atoms with van der Waals surface area (Å²) in [4.78, 5) is 22.8. The predicted octanol–water partition coefficient (Wildman–Crippen LogP) is 2.53. The average molecular weight is 632 g/mol. The van der Waals surface area contributed by atoms with E-state index in [2.05, 4.69) is 41.7 Å². The summed E-state index contributed by atoms with van der Waals surface area (Å²) < 4.78 is 10.0. The number of carbonyl (C=O) groups is 1. The van der Waals surface area contributed by atoms with Gasteiger partial charge in [0.25, 0.3) is 0 Å². The molecule has 4 aromatic carbocycles. The van der Waals surface area contributed by atoms with Gasteiger partial charge in [0.15, 0.2) is 0 Å². The fourth-order valence-electron chi connectivity index (χ4n) is 4.07. The van der Waals surface area contributed by atoms with E-state index in [0.29, 0.717) is 12.8 Å². The Hall–Kier alpha value is -3.26. The number of amides is 1. The fraction of sp³-hybridized carbons (Fsp3) is 0.0714. The zero-order chi connectivity index (χ0) is 22.9. The molecule has 0 aliphatic heterocycles. The molecule has 0 aliphatic rings. The van der Waals surface area contributed by atoms with Gasteiger partial charge in [-0.2, -0.15) is 0 Å². The topological polar surface area (TPSA) is 59.7 Å². The molecule has 4 rings (SSSR count). The first-order chi connectivity index (χ1) is 16.2. The van der Waals surface area contributed by atoms with Crippen LogP contribution in [0.5, 0.6) is 0 Å².